The number of nitrogens with zero attached hydrogens (tertiary/aromatic N) is 4. The summed E-state index contributed by atoms with van der Waals surface area (Å²) >= 11 is 0. The van der Waals surface area contributed by atoms with Gasteiger partial charge in [-0.2, -0.15) is 0 Å². The molecule has 0 amide bonds. The summed E-state index contributed by atoms with van der Waals surface area (Å²) in [6.07, 6.45) is -2.18. The van der Waals surface area contributed by atoms with Gasteiger partial charge >= 0.3 is 63.0 Å². The number of aromatic hydroxyl groups is 2. The zero-order valence-corrected chi connectivity index (χ0v) is 25.2. The number of carbonyl (C=O) groups is 2. The Bertz CT molecular complexity index is 1560. The van der Waals surface area contributed by atoms with E-state index in [9.17, 15) is 49.8 Å². The van der Waals surface area contributed by atoms with Crippen LogP contribution in [0, 0.1) is 0 Å². The molecular formula is C24H27KN4O11. The molecule has 40 heavy (non-hydrogen) atoms. The van der Waals surface area contributed by atoms with Crippen LogP contribution in [0.1, 0.15) is 18.4 Å². The van der Waals surface area contributed by atoms with Crippen molar-refractivity contribution in [1.82, 2.24) is 18.7 Å². The van der Waals surface area contributed by atoms with Gasteiger partial charge in [0.25, 0.3) is 5.56 Å². The van der Waals surface area contributed by atoms with Crippen LogP contribution >= 0.6 is 0 Å². The molecule has 5 N–H and O–H groups in total. The Kier molecular flexibility index (Phi) is 11.0. The summed E-state index contributed by atoms with van der Waals surface area (Å²) in [4.78, 5) is 49.9. The Labute approximate surface area is 268 Å². The van der Waals surface area contributed by atoms with Crippen LogP contribution in [0.25, 0.3) is 17.2 Å². The van der Waals surface area contributed by atoms with Gasteiger partial charge in [-0.3, -0.25) is 13.9 Å². The maximum atomic E-state index is 11.8. The topological polar surface area (TPSA) is 229 Å². The summed E-state index contributed by atoms with van der Waals surface area (Å²) in [5.74, 6) is -3.53. The first-order chi connectivity index (χ1) is 18.2. The first-order valence-corrected chi connectivity index (χ1v) is 11.4. The number of carboxylic acid groups (broad SMARTS) is 1. The van der Waals surface area contributed by atoms with Crippen LogP contribution in [0.3, 0.4) is 0 Å². The van der Waals surface area contributed by atoms with Gasteiger partial charge in [0, 0.05) is 40.1 Å². The molecule has 4 atom stereocenters. The standard InChI is InChI=1S/C16H18O9.C8H10N4O2.K/c17-9-3-1-8(5-10(9)18)2-4-13(20)25-12-7-16(24,15(22)23)6-11(19)14(12)21;1-10-4-9-6-5(10)7(13)12(3)8(14)11(6)2;/h1-5,11-12,14,17-19,21,24H,6-7H2,(H,22,23);4H,1-3H3;/q;;+1/p-1/b4-2+;;/t11-,12-,14-,16+;;/m1../s1. The van der Waals surface area contributed by atoms with Crippen molar-refractivity contribution in [3.8, 4) is 11.5 Å². The second-order valence-electron chi connectivity index (χ2n) is 9.08. The number of carboxylic acids is 1. The van der Waals surface area contributed by atoms with Gasteiger partial charge in [-0.05, 0) is 23.8 Å². The maximum Gasteiger partial charge on any atom is 1.00 e. The number of aromatic nitrogens is 4. The van der Waals surface area contributed by atoms with Gasteiger partial charge in [0.1, 0.15) is 17.8 Å². The number of ether oxygens (including phenoxy) is 1. The smallest absolute Gasteiger partial charge is 0.547 e. The first-order valence-electron chi connectivity index (χ1n) is 11.4. The number of hydrogen-bond acceptors (Lipinski definition) is 12. The normalized spacial score (nSPS) is 22.3. The molecule has 1 aliphatic carbocycles. The van der Waals surface area contributed by atoms with Gasteiger partial charge in [0.05, 0.1) is 18.4 Å². The zero-order valence-electron chi connectivity index (χ0n) is 22.1. The molecule has 0 saturated heterocycles. The molecule has 0 radical (unpaired) electrons. The molecule has 2 aromatic heterocycles. The Morgan fingerprint density at radius 1 is 1.10 bits per heavy atom. The molecule has 0 aliphatic heterocycles. The van der Waals surface area contributed by atoms with Crippen LogP contribution < -0.4 is 67.7 Å². The van der Waals surface area contributed by atoms with Crippen LogP contribution in [0.4, 0.5) is 0 Å². The fourth-order valence-corrected chi connectivity index (χ4v) is 4.00. The summed E-state index contributed by atoms with van der Waals surface area (Å²) in [5, 5.41) is 58.9. The fraction of sp³-hybridized carbons (Fsp3) is 0.375. The van der Waals surface area contributed by atoms with E-state index in [4.69, 9.17) is 4.74 Å². The predicted molar refractivity (Wildman–Crippen MR) is 131 cm³/mol. The molecule has 1 aromatic carbocycles. The van der Waals surface area contributed by atoms with E-state index >= 15 is 0 Å². The zero-order chi connectivity index (χ0) is 29.2. The van der Waals surface area contributed by atoms with Crippen molar-refractivity contribution in [2.24, 2.45) is 21.1 Å². The Hall–Kier alpha value is -2.83. The van der Waals surface area contributed by atoms with E-state index in [0.717, 1.165) is 10.6 Å². The van der Waals surface area contributed by atoms with Crippen molar-refractivity contribution < 1.29 is 96.3 Å². The van der Waals surface area contributed by atoms with E-state index in [2.05, 4.69) is 4.98 Å². The number of carbonyl (C=O) groups excluding carboxylic acids is 2. The van der Waals surface area contributed by atoms with Gasteiger partial charge in [-0.1, -0.05) is 6.07 Å². The minimum absolute atomic E-state index is 0. The van der Waals surface area contributed by atoms with Gasteiger partial charge < -0.3 is 44.7 Å². The molecule has 16 heteroatoms. The number of esters is 1. The number of rotatable bonds is 4. The monoisotopic (exact) mass is 586 g/mol. The van der Waals surface area contributed by atoms with Gasteiger partial charge in [0.15, 0.2) is 22.7 Å². The SMILES string of the molecule is Cn1c(=O)c2c(ncn2C)n(C)c1=O.O=C(/C=C/c1ccc(O)c(O)c1)O[C@@H]1C[C@](O)(C(=O)[O-])C[C@@H](O)[C@H]1O.[K+]. The molecule has 4 rings (SSSR count). The second kappa shape index (κ2) is 13.2. The van der Waals surface area contributed by atoms with Crippen molar-refractivity contribution in [2.75, 3.05) is 0 Å². The third kappa shape index (κ3) is 7.08. The van der Waals surface area contributed by atoms with E-state index in [1.165, 1.54) is 42.2 Å². The van der Waals surface area contributed by atoms with Crippen molar-refractivity contribution in [3.05, 3.63) is 57.0 Å². The minimum Gasteiger partial charge on any atom is -0.547 e. The summed E-state index contributed by atoms with van der Waals surface area (Å²) < 4.78 is 8.94. The first kappa shape index (κ1) is 33.4. The number of aliphatic carboxylic acids is 1. The summed E-state index contributed by atoms with van der Waals surface area (Å²) in [7, 11) is 4.77. The van der Waals surface area contributed by atoms with E-state index in [-0.39, 0.29) is 74.1 Å². The summed E-state index contributed by atoms with van der Waals surface area (Å²) in [6, 6.07) is 3.81. The van der Waals surface area contributed by atoms with E-state index in [0.29, 0.717) is 16.7 Å². The fourth-order valence-electron chi connectivity index (χ4n) is 4.00. The molecule has 1 aliphatic rings. The molecule has 1 saturated carbocycles. The number of phenols is 2. The number of imidazole rings is 1. The third-order valence-corrected chi connectivity index (χ3v) is 6.24. The largest absolute Gasteiger partial charge is 1.00 e. The maximum absolute atomic E-state index is 11.8. The molecule has 0 unspecified atom stereocenters. The van der Waals surface area contributed by atoms with E-state index in [1.54, 1.807) is 18.7 Å². The molecule has 0 bridgehead atoms. The van der Waals surface area contributed by atoms with Crippen LogP contribution in [-0.2, 0) is 35.5 Å². The predicted octanol–water partition coefficient (Wildman–Crippen LogP) is -6.01. The van der Waals surface area contributed by atoms with Crippen LogP contribution in [0.2, 0.25) is 0 Å². The van der Waals surface area contributed by atoms with Crippen molar-refractivity contribution >= 4 is 29.2 Å². The Morgan fingerprint density at radius 3 is 2.35 bits per heavy atom. The average molecular weight is 587 g/mol. The van der Waals surface area contributed by atoms with Crippen LogP contribution in [0.15, 0.2) is 40.2 Å². The summed E-state index contributed by atoms with van der Waals surface area (Å²) in [6.45, 7) is 0. The van der Waals surface area contributed by atoms with E-state index in [1.807, 2.05) is 0 Å². The number of phenolic OH excluding ortho intramolecular Hbond substituents is 2. The molecule has 1 fully saturated rings. The van der Waals surface area contributed by atoms with Crippen molar-refractivity contribution in [2.45, 2.75) is 36.8 Å². The molecular weight excluding hydrogens is 559 g/mol. The van der Waals surface area contributed by atoms with Crippen molar-refractivity contribution in [3.63, 3.8) is 0 Å². The quantitative estimate of drug-likeness (QED) is 0.0833. The number of fused-ring (bicyclic) bond motifs is 1. The Balaban J connectivity index is 0.000000316. The van der Waals surface area contributed by atoms with Gasteiger partial charge in [0.2, 0.25) is 0 Å². The molecule has 0 spiro atoms. The van der Waals surface area contributed by atoms with Crippen LogP contribution in [0.5, 0.6) is 11.5 Å². The molecule has 3 aromatic rings. The van der Waals surface area contributed by atoms with Crippen LogP contribution in [-0.4, -0.2) is 80.1 Å². The molecule has 210 valence electrons. The van der Waals surface area contributed by atoms with E-state index < -0.39 is 48.7 Å². The summed E-state index contributed by atoms with van der Waals surface area (Å²) in [5.41, 5.74) is -1.88. The van der Waals surface area contributed by atoms with Crippen molar-refractivity contribution in [1.29, 1.82) is 0 Å². The molecule has 2 heterocycles. The van der Waals surface area contributed by atoms with Gasteiger partial charge in [-0.15, -0.1) is 0 Å². The molecule has 15 nitrogen and oxygen atoms in total. The number of aliphatic hydroxyl groups is 3. The number of aliphatic hydroxyl groups excluding tert-OH is 2. The second-order valence-corrected chi connectivity index (χ2v) is 9.08. The third-order valence-electron chi connectivity index (χ3n) is 6.24. The number of aryl methyl sites for hydroxylation is 2. The average Bonchev–Trinajstić information content (AvgIpc) is 3.27. The Morgan fingerprint density at radius 2 is 1.75 bits per heavy atom. The number of hydrogen-bond donors (Lipinski definition) is 5. The minimum atomic E-state index is -2.42. The van der Waals surface area contributed by atoms with Gasteiger partial charge in [-0.25, -0.2) is 14.6 Å². The number of benzene rings is 1.